The fraction of sp³-hybridized carbons (Fsp3) is 0.933. The van der Waals surface area contributed by atoms with Gasteiger partial charge in [0.1, 0.15) is 0 Å². The molecule has 0 aromatic heterocycles. The maximum absolute atomic E-state index is 11.2. The molecular formula is C30H51BrO5. The zero-order valence-electron chi connectivity index (χ0n) is 24.0. The number of halogens is 1. The Bertz CT molecular complexity index is 822. The summed E-state index contributed by atoms with van der Waals surface area (Å²) >= 11 is 3.81. The molecule has 0 amide bonds. The first kappa shape index (κ1) is 29.0. The highest BCUT2D eigenvalue weighted by Gasteiger charge is 2.57. The second-order valence-electron chi connectivity index (χ2n) is 13.8. The van der Waals surface area contributed by atoms with Gasteiger partial charge in [-0.15, -0.1) is 0 Å². The van der Waals surface area contributed by atoms with Crippen LogP contribution in [-0.4, -0.2) is 62.4 Å². The lowest BCUT2D eigenvalue weighted by Gasteiger charge is -2.56. The highest BCUT2D eigenvalue weighted by Crippen LogP contribution is 2.50. The Labute approximate surface area is 228 Å². The number of aliphatic hydroxyl groups is 1. The molecule has 4 rings (SSSR count). The Morgan fingerprint density at radius 2 is 1.44 bits per heavy atom. The predicted octanol–water partition coefficient (Wildman–Crippen LogP) is 7.02. The normalized spacial score (nSPS) is 46.6. The van der Waals surface area contributed by atoms with E-state index in [2.05, 4.69) is 70.5 Å². The molecule has 0 bridgehead atoms. The Balaban J connectivity index is 1.37. The fourth-order valence-corrected chi connectivity index (χ4v) is 7.44. The molecule has 9 atom stereocenters. The number of hydrogen-bond donors (Lipinski definition) is 1. The number of fused-ring (bicyclic) bond motifs is 1. The van der Waals surface area contributed by atoms with Crippen LogP contribution in [0.2, 0.25) is 0 Å². The van der Waals surface area contributed by atoms with Crippen LogP contribution in [0.15, 0.2) is 11.6 Å². The standard InChI is InChI=1S/C30H51BrO5/c1-20(2)10-9-16-27(5,32)22-14-18-29(7,34-22)25-12-11-23-28(6,35-25)19-15-24(33-23)30(8)17-13-21(31)26(3,4)36-30/h10,21-25,32H,9,11-19H2,1-8H3/t21-,22+,23-,24-,25-,27-,28+,29+,30+/m1/s1. The molecule has 0 spiro atoms. The van der Waals surface area contributed by atoms with Crippen molar-refractivity contribution in [3.8, 4) is 0 Å². The van der Waals surface area contributed by atoms with E-state index in [1.54, 1.807) is 0 Å². The van der Waals surface area contributed by atoms with Crippen molar-refractivity contribution in [3.63, 3.8) is 0 Å². The van der Waals surface area contributed by atoms with Gasteiger partial charge in [-0.1, -0.05) is 27.6 Å². The van der Waals surface area contributed by atoms with Crippen LogP contribution < -0.4 is 0 Å². The third-order valence-electron chi connectivity index (χ3n) is 9.73. The molecule has 4 saturated heterocycles. The van der Waals surface area contributed by atoms with E-state index in [1.165, 1.54) is 5.57 Å². The molecule has 4 aliphatic rings. The number of alkyl halides is 1. The van der Waals surface area contributed by atoms with Gasteiger partial charge in [0.2, 0.25) is 0 Å². The molecule has 0 aromatic carbocycles. The summed E-state index contributed by atoms with van der Waals surface area (Å²) in [5, 5.41) is 11.2. The Kier molecular flexibility index (Phi) is 8.22. The van der Waals surface area contributed by atoms with Gasteiger partial charge in [-0.2, -0.15) is 0 Å². The molecule has 36 heavy (non-hydrogen) atoms. The van der Waals surface area contributed by atoms with E-state index in [1.807, 2.05) is 6.92 Å². The van der Waals surface area contributed by atoms with Crippen LogP contribution in [-0.2, 0) is 18.9 Å². The molecule has 4 fully saturated rings. The maximum Gasteiger partial charge on any atom is 0.0923 e. The highest BCUT2D eigenvalue weighted by atomic mass is 79.9. The third-order valence-corrected chi connectivity index (χ3v) is 11.3. The number of allylic oxidation sites excluding steroid dienone is 2. The maximum atomic E-state index is 11.2. The van der Waals surface area contributed by atoms with Gasteiger partial charge in [-0.05, 0) is 120 Å². The van der Waals surface area contributed by atoms with Crippen LogP contribution in [0.4, 0.5) is 0 Å². The van der Waals surface area contributed by atoms with Crippen molar-refractivity contribution in [1.29, 1.82) is 0 Å². The van der Waals surface area contributed by atoms with E-state index in [0.717, 1.165) is 57.8 Å². The van der Waals surface area contributed by atoms with Gasteiger partial charge in [0, 0.05) is 4.83 Å². The Morgan fingerprint density at radius 3 is 2.11 bits per heavy atom. The van der Waals surface area contributed by atoms with Crippen molar-refractivity contribution in [1.82, 2.24) is 0 Å². The summed E-state index contributed by atoms with van der Waals surface area (Å²) in [4.78, 5) is 0.370. The summed E-state index contributed by atoms with van der Waals surface area (Å²) in [6.07, 6.45) is 11.5. The predicted molar refractivity (Wildman–Crippen MR) is 148 cm³/mol. The van der Waals surface area contributed by atoms with Gasteiger partial charge in [0.05, 0.1) is 52.4 Å². The minimum absolute atomic E-state index is 0.0205. The van der Waals surface area contributed by atoms with Crippen LogP contribution in [0.25, 0.3) is 0 Å². The molecule has 6 heteroatoms. The zero-order chi connectivity index (χ0) is 26.6. The topological polar surface area (TPSA) is 57.2 Å². The molecular weight excluding hydrogens is 520 g/mol. The van der Waals surface area contributed by atoms with E-state index in [0.29, 0.717) is 11.2 Å². The van der Waals surface area contributed by atoms with Crippen molar-refractivity contribution < 1.29 is 24.1 Å². The van der Waals surface area contributed by atoms with Crippen molar-refractivity contribution in [2.75, 3.05) is 0 Å². The fourth-order valence-electron chi connectivity index (χ4n) is 7.12. The van der Waals surface area contributed by atoms with Crippen LogP contribution in [0.1, 0.15) is 120 Å². The first-order valence-corrected chi connectivity index (χ1v) is 15.2. The number of ether oxygens (including phenoxy) is 4. The molecule has 0 aromatic rings. The Morgan fingerprint density at radius 1 is 0.861 bits per heavy atom. The first-order chi connectivity index (χ1) is 16.6. The van der Waals surface area contributed by atoms with Gasteiger partial charge in [0.15, 0.2) is 0 Å². The second kappa shape index (κ2) is 10.2. The van der Waals surface area contributed by atoms with Gasteiger partial charge in [-0.3, -0.25) is 0 Å². The molecule has 1 N–H and O–H groups in total. The van der Waals surface area contributed by atoms with E-state index in [4.69, 9.17) is 18.9 Å². The highest BCUT2D eigenvalue weighted by molar-refractivity contribution is 9.09. The van der Waals surface area contributed by atoms with Crippen molar-refractivity contribution in [2.24, 2.45) is 0 Å². The molecule has 208 valence electrons. The van der Waals surface area contributed by atoms with E-state index in [9.17, 15) is 5.11 Å². The van der Waals surface area contributed by atoms with Crippen molar-refractivity contribution in [3.05, 3.63) is 11.6 Å². The van der Waals surface area contributed by atoms with Crippen molar-refractivity contribution in [2.45, 2.75) is 177 Å². The zero-order valence-corrected chi connectivity index (χ0v) is 25.6. The first-order valence-electron chi connectivity index (χ1n) is 14.3. The van der Waals surface area contributed by atoms with Gasteiger partial charge in [0.25, 0.3) is 0 Å². The SMILES string of the molecule is CC(C)=CCC[C@@](C)(O)[C@@H]1CC[C@@](C)([C@H]2CC[C@H]3O[C@@H]([C@]4(C)CC[C@@H](Br)C(C)(C)O4)CC[C@]3(C)O2)O1. The smallest absolute Gasteiger partial charge is 0.0923 e. The third kappa shape index (κ3) is 5.79. The molecule has 0 saturated carbocycles. The summed E-state index contributed by atoms with van der Waals surface area (Å²) in [6.45, 7) is 17.2. The second-order valence-corrected chi connectivity index (χ2v) is 14.9. The molecule has 5 nitrogen and oxygen atoms in total. The molecule has 4 heterocycles. The summed E-state index contributed by atoms with van der Waals surface area (Å²) in [5.74, 6) is 0. The quantitative estimate of drug-likeness (QED) is 0.274. The number of rotatable bonds is 6. The van der Waals surface area contributed by atoms with Gasteiger partial charge >= 0.3 is 0 Å². The minimum Gasteiger partial charge on any atom is -0.387 e. The average molecular weight is 572 g/mol. The Hall–Kier alpha value is 0.0200. The molecule has 0 radical (unpaired) electrons. The largest absolute Gasteiger partial charge is 0.387 e. The lowest BCUT2D eigenvalue weighted by atomic mass is 9.75. The lowest BCUT2D eigenvalue weighted by Crippen LogP contribution is -2.63. The molecule has 4 aliphatic heterocycles. The average Bonchev–Trinajstić information content (AvgIpc) is 3.19. The number of hydrogen-bond acceptors (Lipinski definition) is 5. The van der Waals surface area contributed by atoms with Crippen LogP contribution >= 0.6 is 15.9 Å². The van der Waals surface area contributed by atoms with E-state index >= 15 is 0 Å². The summed E-state index contributed by atoms with van der Waals surface area (Å²) in [5.41, 5.74) is -0.695. The van der Waals surface area contributed by atoms with Gasteiger partial charge in [-0.25, -0.2) is 0 Å². The van der Waals surface area contributed by atoms with Crippen LogP contribution in [0.5, 0.6) is 0 Å². The minimum atomic E-state index is -0.830. The molecule has 0 unspecified atom stereocenters. The van der Waals surface area contributed by atoms with E-state index < -0.39 is 5.60 Å². The van der Waals surface area contributed by atoms with Crippen LogP contribution in [0, 0.1) is 0 Å². The summed E-state index contributed by atoms with van der Waals surface area (Å²) < 4.78 is 27.0. The lowest BCUT2D eigenvalue weighted by molar-refractivity contribution is -0.304. The monoisotopic (exact) mass is 570 g/mol. The summed E-state index contributed by atoms with van der Waals surface area (Å²) in [6, 6.07) is 0. The molecule has 0 aliphatic carbocycles. The van der Waals surface area contributed by atoms with Gasteiger partial charge < -0.3 is 24.1 Å². The van der Waals surface area contributed by atoms with E-state index in [-0.39, 0.29) is 46.8 Å². The van der Waals surface area contributed by atoms with Crippen LogP contribution in [0.3, 0.4) is 0 Å². The summed E-state index contributed by atoms with van der Waals surface area (Å²) in [7, 11) is 0. The van der Waals surface area contributed by atoms with Crippen molar-refractivity contribution >= 4 is 15.9 Å².